The van der Waals surface area contributed by atoms with E-state index in [0.29, 0.717) is 5.92 Å². The van der Waals surface area contributed by atoms with Gasteiger partial charge in [-0.05, 0) is 38.0 Å². The SMILES string of the molecule is O=C(NCC1CCC(O)C1)C1CCCCCC1. The van der Waals surface area contributed by atoms with Crippen LogP contribution in [-0.4, -0.2) is 23.7 Å². The van der Waals surface area contributed by atoms with Gasteiger partial charge in [-0.15, -0.1) is 0 Å². The standard InChI is InChI=1S/C14H25NO2/c16-13-8-7-11(9-13)10-15-14(17)12-5-3-1-2-4-6-12/h11-13,16H,1-10H2,(H,15,17). The van der Waals surface area contributed by atoms with Gasteiger partial charge in [-0.2, -0.15) is 0 Å². The molecule has 3 nitrogen and oxygen atoms in total. The van der Waals surface area contributed by atoms with Crippen LogP contribution in [0.2, 0.25) is 0 Å². The molecule has 2 rings (SSSR count). The van der Waals surface area contributed by atoms with E-state index in [9.17, 15) is 9.90 Å². The Balaban J connectivity index is 1.69. The maximum atomic E-state index is 12.0. The molecule has 2 N–H and O–H groups in total. The van der Waals surface area contributed by atoms with Crippen LogP contribution in [0.25, 0.3) is 0 Å². The maximum absolute atomic E-state index is 12.0. The second-order valence-electron chi connectivity index (χ2n) is 5.77. The molecule has 2 atom stereocenters. The molecule has 0 aromatic heterocycles. The number of rotatable bonds is 3. The van der Waals surface area contributed by atoms with Crippen molar-refractivity contribution in [2.75, 3.05) is 6.54 Å². The fourth-order valence-electron chi connectivity index (χ4n) is 3.16. The van der Waals surface area contributed by atoms with Crippen LogP contribution in [0.15, 0.2) is 0 Å². The van der Waals surface area contributed by atoms with Crippen molar-refractivity contribution in [3.63, 3.8) is 0 Å². The molecule has 3 heteroatoms. The largest absolute Gasteiger partial charge is 0.393 e. The molecule has 2 unspecified atom stereocenters. The van der Waals surface area contributed by atoms with E-state index in [4.69, 9.17) is 0 Å². The van der Waals surface area contributed by atoms with Crippen molar-refractivity contribution in [3.8, 4) is 0 Å². The Morgan fingerprint density at radius 2 is 1.76 bits per heavy atom. The van der Waals surface area contributed by atoms with Crippen LogP contribution in [0.4, 0.5) is 0 Å². The molecule has 0 spiro atoms. The number of carbonyl (C=O) groups is 1. The van der Waals surface area contributed by atoms with Gasteiger partial charge in [0.25, 0.3) is 0 Å². The minimum atomic E-state index is -0.130. The van der Waals surface area contributed by atoms with E-state index in [1.807, 2.05) is 0 Å². The summed E-state index contributed by atoms with van der Waals surface area (Å²) in [6.07, 6.45) is 9.84. The van der Waals surface area contributed by atoms with Gasteiger partial charge in [-0.3, -0.25) is 4.79 Å². The van der Waals surface area contributed by atoms with E-state index in [1.165, 1.54) is 25.7 Å². The summed E-state index contributed by atoms with van der Waals surface area (Å²) in [6.45, 7) is 0.770. The molecule has 0 aromatic carbocycles. The Morgan fingerprint density at radius 3 is 2.35 bits per heavy atom. The highest BCUT2D eigenvalue weighted by atomic mass is 16.3. The van der Waals surface area contributed by atoms with Gasteiger partial charge >= 0.3 is 0 Å². The monoisotopic (exact) mass is 239 g/mol. The van der Waals surface area contributed by atoms with Crippen molar-refractivity contribution in [1.82, 2.24) is 5.32 Å². The van der Waals surface area contributed by atoms with Crippen LogP contribution in [0.5, 0.6) is 0 Å². The molecule has 0 aromatic rings. The molecule has 2 aliphatic rings. The van der Waals surface area contributed by atoms with Gasteiger partial charge in [-0.1, -0.05) is 25.7 Å². The summed E-state index contributed by atoms with van der Waals surface area (Å²) in [6, 6.07) is 0. The van der Waals surface area contributed by atoms with Gasteiger partial charge in [0.05, 0.1) is 6.10 Å². The highest BCUT2D eigenvalue weighted by molar-refractivity contribution is 5.78. The first-order valence-electron chi connectivity index (χ1n) is 7.21. The molecule has 17 heavy (non-hydrogen) atoms. The van der Waals surface area contributed by atoms with Gasteiger partial charge in [0.15, 0.2) is 0 Å². The topological polar surface area (TPSA) is 49.3 Å². The zero-order valence-electron chi connectivity index (χ0n) is 10.7. The van der Waals surface area contributed by atoms with Crippen molar-refractivity contribution in [2.45, 2.75) is 63.9 Å². The van der Waals surface area contributed by atoms with Crippen LogP contribution in [0.1, 0.15) is 57.8 Å². The second-order valence-corrected chi connectivity index (χ2v) is 5.77. The summed E-state index contributed by atoms with van der Waals surface area (Å²) in [5, 5.41) is 12.5. The minimum absolute atomic E-state index is 0.130. The van der Waals surface area contributed by atoms with Crippen LogP contribution in [0, 0.1) is 11.8 Å². The van der Waals surface area contributed by atoms with Crippen molar-refractivity contribution in [2.24, 2.45) is 11.8 Å². The van der Waals surface area contributed by atoms with Crippen LogP contribution in [0.3, 0.4) is 0 Å². The summed E-state index contributed by atoms with van der Waals surface area (Å²) in [5.74, 6) is 1.01. The van der Waals surface area contributed by atoms with Gasteiger partial charge in [0.2, 0.25) is 5.91 Å². The number of aliphatic hydroxyl groups excluding tert-OH is 1. The quantitative estimate of drug-likeness (QED) is 0.742. The Morgan fingerprint density at radius 1 is 1.06 bits per heavy atom. The summed E-state index contributed by atoms with van der Waals surface area (Å²) in [4.78, 5) is 12.0. The smallest absolute Gasteiger partial charge is 0.223 e. The highest BCUT2D eigenvalue weighted by Gasteiger charge is 2.25. The molecule has 0 saturated heterocycles. The predicted molar refractivity (Wildman–Crippen MR) is 67.5 cm³/mol. The van der Waals surface area contributed by atoms with Crippen molar-refractivity contribution in [1.29, 1.82) is 0 Å². The number of carbonyl (C=O) groups excluding carboxylic acids is 1. The molecule has 98 valence electrons. The van der Waals surface area contributed by atoms with Gasteiger partial charge in [0, 0.05) is 12.5 Å². The number of nitrogens with one attached hydrogen (secondary N) is 1. The lowest BCUT2D eigenvalue weighted by atomic mass is 9.99. The second kappa shape index (κ2) is 6.39. The molecule has 0 heterocycles. The highest BCUT2D eigenvalue weighted by Crippen LogP contribution is 2.26. The fraction of sp³-hybridized carbons (Fsp3) is 0.929. The van der Waals surface area contributed by atoms with Crippen molar-refractivity contribution < 1.29 is 9.90 Å². The summed E-state index contributed by atoms with van der Waals surface area (Å²) in [5.41, 5.74) is 0. The summed E-state index contributed by atoms with van der Waals surface area (Å²) < 4.78 is 0. The molecule has 2 aliphatic carbocycles. The Hall–Kier alpha value is -0.570. The minimum Gasteiger partial charge on any atom is -0.393 e. The van der Waals surface area contributed by atoms with Crippen LogP contribution >= 0.6 is 0 Å². The van der Waals surface area contributed by atoms with Crippen LogP contribution < -0.4 is 5.32 Å². The molecule has 0 radical (unpaired) electrons. The lowest BCUT2D eigenvalue weighted by Crippen LogP contribution is -2.34. The van der Waals surface area contributed by atoms with E-state index in [0.717, 1.165) is 38.6 Å². The first-order valence-corrected chi connectivity index (χ1v) is 7.21. The van der Waals surface area contributed by atoms with Gasteiger partial charge in [-0.25, -0.2) is 0 Å². The van der Waals surface area contributed by atoms with Gasteiger partial charge in [0.1, 0.15) is 0 Å². The van der Waals surface area contributed by atoms with E-state index >= 15 is 0 Å². The summed E-state index contributed by atoms with van der Waals surface area (Å²) >= 11 is 0. The van der Waals surface area contributed by atoms with E-state index in [1.54, 1.807) is 0 Å². The molecule has 2 saturated carbocycles. The van der Waals surface area contributed by atoms with E-state index in [2.05, 4.69) is 5.32 Å². The Bertz CT molecular complexity index is 247. The van der Waals surface area contributed by atoms with Gasteiger partial charge < -0.3 is 10.4 Å². The van der Waals surface area contributed by atoms with Crippen molar-refractivity contribution in [3.05, 3.63) is 0 Å². The molecular weight excluding hydrogens is 214 g/mol. The number of aliphatic hydroxyl groups is 1. The lowest BCUT2D eigenvalue weighted by molar-refractivity contribution is -0.125. The first kappa shape index (κ1) is 12.9. The third-order valence-corrected chi connectivity index (χ3v) is 4.30. The third-order valence-electron chi connectivity index (χ3n) is 4.30. The Kier molecular flexibility index (Phi) is 4.84. The molecule has 1 amide bonds. The number of hydrogen-bond donors (Lipinski definition) is 2. The first-order chi connectivity index (χ1) is 8.25. The maximum Gasteiger partial charge on any atom is 0.223 e. The third kappa shape index (κ3) is 3.98. The molecule has 0 aliphatic heterocycles. The predicted octanol–water partition coefficient (Wildman–Crippen LogP) is 2.23. The zero-order valence-corrected chi connectivity index (χ0v) is 10.7. The Labute approximate surface area is 104 Å². The fourth-order valence-corrected chi connectivity index (χ4v) is 3.16. The average molecular weight is 239 g/mol. The molecular formula is C14H25NO2. The zero-order chi connectivity index (χ0) is 12.1. The van der Waals surface area contributed by atoms with E-state index in [-0.39, 0.29) is 17.9 Å². The van der Waals surface area contributed by atoms with Crippen molar-refractivity contribution >= 4 is 5.91 Å². The lowest BCUT2D eigenvalue weighted by Gasteiger charge is -2.16. The number of hydrogen-bond acceptors (Lipinski definition) is 2. The molecule has 2 fully saturated rings. The molecule has 0 bridgehead atoms. The normalized spacial score (nSPS) is 31.1. The average Bonchev–Trinajstić information content (AvgIpc) is 2.58. The summed E-state index contributed by atoms with van der Waals surface area (Å²) in [7, 11) is 0. The van der Waals surface area contributed by atoms with Crippen LogP contribution in [-0.2, 0) is 4.79 Å². The van der Waals surface area contributed by atoms with E-state index < -0.39 is 0 Å². The number of amides is 1.